The second-order valence-electron chi connectivity index (χ2n) is 3.46. The molecule has 0 aromatic rings. The van der Waals surface area contributed by atoms with Crippen LogP contribution in [0.25, 0.3) is 0 Å². The summed E-state index contributed by atoms with van der Waals surface area (Å²) in [6.07, 6.45) is -0.724. The molecular formula is C7H16O5S. The van der Waals surface area contributed by atoms with Gasteiger partial charge in [-0.15, -0.1) is 0 Å². The summed E-state index contributed by atoms with van der Waals surface area (Å²) in [6, 6.07) is 0. The molecule has 0 aromatic carbocycles. The van der Waals surface area contributed by atoms with E-state index in [1.807, 2.05) is 0 Å². The molecule has 13 heavy (non-hydrogen) atoms. The maximum atomic E-state index is 10.8. The molecule has 0 amide bonds. The zero-order valence-corrected chi connectivity index (χ0v) is 8.58. The fraction of sp³-hybridized carbons (Fsp3) is 1.00. The molecule has 0 rings (SSSR count). The van der Waals surface area contributed by atoms with Crippen molar-refractivity contribution >= 4 is 10.1 Å². The first kappa shape index (κ1) is 12.8. The molecule has 0 aliphatic heterocycles. The molecule has 0 fully saturated rings. The summed E-state index contributed by atoms with van der Waals surface area (Å²) in [6.45, 7) is 2.37. The first-order valence-electron chi connectivity index (χ1n) is 3.99. The minimum atomic E-state index is -4.26. The van der Waals surface area contributed by atoms with Crippen molar-refractivity contribution in [3.05, 3.63) is 0 Å². The Labute approximate surface area is 78.1 Å². The minimum Gasteiger partial charge on any atom is -0.396 e. The van der Waals surface area contributed by atoms with Crippen molar-refractivity contribution in [3.8, 4) is 0 Å². The summed E-state index contributed by atoms with van der Waals surface area (Å²) < 4.78 is 28.8. The van der Waals surface area contributed by atoms with Crippen molar-refractivity contribution in [1.82, 2.24) is 0 Å². The fourth-order valence-corrected chi connectivity index (χ4v) is 1.27. The van der Waals surface area contributed by atoms with Crippen molar-refractivity contribution in [2.24, 2.45) is 0 Å². The van der Waals surface area contributed by atoms with Gasteiger partial charge in [-0.05, 0) is 26.7 Å². The monoisotopic (exact) mass is 212 g/mol. The van der Waals surface area contributed by atoms with Crippen molar-refractivity contribution in [2.45, 2.75) is 37.5 Å². The Hall–Kier alpha value is -0.170. The van der Waals surface area contributed by atoms with Gasteiger partial charge in [-0.2, -0.15) is 8.42 Å². The van der Waals surface area contributed by atoms with Gasteiger partial charge in [0, 0.05) is 6.61 Å². The Kier molecular flexibility index (Phi) is 4.31. The smallest absolute Gasteiger partial charge is 0.272 e. The lowest BCUT2D eigenvalue weighted by Gasteiger charge is -2.26. The highest BCUT2D eigenvalue weighted by Crippen LogP contribution is 2.22. The van der Waals surface area contributed by atoms with Crippen LogP contribution < -0.4 is 0 Å². The summed E-state index contributed by atoms with van der Waals surface area (Å²) in [5, 5.41) is 17.9. The first-order chi connectivity index (χ1) is 5.73. The summed E-state index contributed by atoms with van der Waals surface area (Å²) in [4.78, 5) is 0. The van der Waals surface area contributed by atoms with Crippen LogP contribution in [0.5, 0.6) is 0 Å². The Bertz CT molecular complexity index is 244. The molecule has 80 valence electrons. The second kappa shape index (κ2) is 4.36. The molecule has 0 aromatic heterocycles. The molecule has 0 heterocycles. The Balaban J connectivity index is 4.46. The highest BCUT2D eigenvalue weighted by atomic mass is 32.2. The van der Waals surface area contributed by atoms with Crippen molar-refractivity contribution in [3.63, 3.8) is 0 Å². The summed E-state index contributed by atoms with van der Waals surface area (Å²) in [7, 11) is -4.26. The normalized spacial score (nSPS) is 15.8. The van der Waals surface area contributed by atoms with Crippen LogP contribution in [0.4, 0.5) is 0 Å². The lowest BCUT2D eigenvalue weighted by atomic mass is 10.0. The topological polar surface area (TPSA) is 94.8 Å². The van der Waals surface area contributed by atoms with E-state index >= 15 is 0 Å². The molecule has 5 nitrogen and oxygen atoms in total. The standard InChI is InChI=1S/C7H16O5S/c1-7(2,13(10,11)12)6(9)4-3-5-8/h6,8-9H,3-5H2,1-2H3,(H,10,11,12). The number of hydrogen-bond acceptors (Lipinski definition) is 4. The highest BCUT2D eigenvalue weighted by molar-refractivity contribution is 7.87. The minimum absolute atomic E-state index is 0.112. The molecule has 1 unspecified atom stereocenters. The summed E-state index contributed by atoms with van der Waals surface area (Å²) >= 11 is 0. The van der Waals surface area contributed by atoms with Crippen molar-refractivity contribution in [2.75, 3.05) is 6.61 Å². The zero-order chi connectivity index (χ0) is 10.7. The number of rotatable bonds is 5. The Morgan fingerprint density at radius 1 is 1.38 bits per heavy atom. The van der Waals surface area contributed by atoms with Gasteiger partial charge in [-0.3, -0.25) is 4.55 Å². The lowest BCUT2D eigenvalue weighted by molar-refractivity contribution is 0.113. The SMILES string of the molecule is CC(C)(C(O)CCCO)S(=O)(=O)O. The van der Waals surface area contributed by atoms with Crippen LogP contribution in [0, 0.1) is 0 Å². The third-order valence-corrected chi connectivity index (χ3v) is 3.70. The predicted molar refractivity (Wildman–Crippen MR) is 48.0 cm³/mol. The van der Waals surface area contributed by atoms with Gasteiger partial charge >= 0.3 is 0 Å². The maximum absolute atomic E-state index is 10.8. The summed E-state index contributed by atoms with van der Waals surface area (Å²) in [5.74, 6) is 0. The van der Waals surface area contributed by atoms with E-state index in [0.29, 0.717) is 6.42 Å². The van der Waals surface area contributed by atoms with E-state index in [1.54, 1.807) is 0 Å². The molecule has 0 radical (unpaired) electrons. The average molecular weight is 212 g/mol. The van der Waals surface area contributed by atoms with E-state index in [-0.39, 0.29) is 13.0 Å². The van der Waals surface area contributed by atoms with Crippen LogP contribution in [-0.4, -0.2) is 40.6 Å². The van der Waals surface area contributed by atoms with Crippen LogP contribution in [0.2, 0.25) is 0 Å². The molecule has 0 saturated carbocycles. The van der Waals surface area contributed by atoms with Gasteiger partial charge < -0.3 is 10.2 Å². The van der Waals surface area contributed by atoms with Crippen LogP contribution >= 0.6 is 0 Å². The molecule has 3 N–H and O–H groups in total. The summed E-state index contributed by atoms with van der Waals surface area (Å²) in [5.41, 5.74) is 0. The molecular weight excluding hydrogens is 196 g/mol. The van der Waals surface area contributed by atoms with Crippen LogP contribution in [0.1, 0.15) is 26.7 Å². The molecule has 0 aliphatic carbocycles. The van der Waals surface area contributed by atoms with Crippen LogP contribution in [0.3, 0.4) is 0 Å². The van der Waals surface area contributed by atoms with Crippen molar-refractivity contribution in [1.29, 1.82) is 0 Å². The second-order valence-corrected chi connectivity index (χ2v) is 5.46. The Morgan fingerprint density at radius 2 is 1.85 bits per heavy atom. The molecule has 6 heteroatoms. The molecule has 0 spiro atoms. The molecule has 0 bridgehead atoms. The molecule has 0 saturated heterocycles. The number of aliphatic hydroxyl groups is 2. The van der Waals surface area contributed by atoms with E-state index in [1.165, 1.54) is 13.8 Å². The predicted octanol–water partition coefficient (Wildman–Crippen LogP) is -0.214. The first-order valence-corrected chi connectivity index (χ1v) is 5.43. The van der Waals surface area contributed by atoms with E-state index in [9.17, 15) is 13.5 Å². The Morgan fingerprint density at radius 3 is 2.15 bits per heavy atom. The lowest BCUT2D eigenvalue weighted by Crippen LogP contribution is -2.43. The largest absolute Gasteiger partial charge is 0.396 e. The molecule has 1 atom stereocenters. The van der Waals surface area contributed by atoms with E-state index in [0.717, 1.165) is 0 Å². The quantitative estimate of drug-likeness (QED) is 0.548. The maximum Gasteiger partial charge on any atom is 0.272 e. The zero-order valence-electron chi connectivity index (χ0n) is 7.77. The fourth-order valence-electron chi connectivity index (χ4n) is 0.804. The third-order valence-electron chi connectivity index (χ3n) is 2.10. The van der Waals surface area contributed by atoms with Crippen molar-refractivity contribution < 1.29 is 23.2 Å². The van der Waals surface area contributed by atoms with Gasteiger partial charge in [0.1, 0.15) is 4.75 Å². The van der Waals surface area contributed by atoms with E-state index in [2.05, 4.69) is 0 Å². The van der Waals surface area contributed by atoms with Gasteiger partial charge in [-0.1, -0.05) is 0 Å². The van der Waals surface area contributed by atoms with Gasteiger partial charge in [0.2, 0.25) is 0 Å². The highest BCUT2D eigenvalue weighted by Gasteiger charge is 2.39. The van der Waals surface area contributed by atoms with E-state index < -0.39 is 21.0 Å². The molecule has 0 aliphatic rings. The van der Waals surface area contributed by atoms with Gasteiger partial charge in [0.15, 0.2) is 0 Å². The van der Waals surface area contributed by atoms with Gasteiger partial charge in [0.25, 0.3) is 10.1 Å². The van der Waals surface area contributed by atoms with Crippen LogP contribution in [-0.2, 0) is 10.1 Å². The number of aliphatic hydroxyl groups excluding tert-OH is 2. The number of hydrogen-bond donors (Lipinski definition) is 3. The van der Waals surface area contributed by atoms with E-state index in [4.69, 9.17) is 9.66 Å². The third kappa shape index (κ3) is 3.22. The van der Waals surface area contributed by atoms with Gasteiger partial charge in [0.05, 0.1) is 6.10 Å². The average Bonchev–Trinajstić information content (AvgIpc) is 1.97. The van der Waals surface area contributed by atoms with Gasteiger partial charge in [-0.25, -0.2) is 0 Å². The van der Waals surface area contributed by atoms with Crippen LogP contribution in [0.15, 0.2) is 0 Å².